The van der Waals surface area contributed by atoms with Crippen molar-refractivity contribution in [3.8, 4) is 0 Å². The van der Waals surface area contributed by atoms with E-state index in [2.05, 4.69) is 45.7 Å². The maximum atomic E-state index is 6.05. The first kappa shape index (κ1) is 15.7. The van der Waals surface area contributed by atoms with Crippen molar-refractivity contribution < 1.29 is 0 Å². The molecule has 0 aliphatic heterocycles. The predicted octanol–water partition coefficient (Wildman–Crippen LogP) is 3.03. The van der Waals surface area contributed by atoms with Gasteiger partial charge >= 0.3 is 0 Å². The lowest BCUT2D eigenvalue weighted by atomic mass is 10.1. The quantitative estimate of drug-likeness (QED) is 0.569. The number of nitrogens with zero attached hydrogens (tertiary/aromatic N) is 3. The molecule has 25 heavy (non-hydrogen) atoms. The summed E-state index contributed by atoms with van der Waals surface area (Å²) in [5, 5.41) is 8.98. The highest BCUT2D eigenvalue weighted by Crippen LogP contribution is 2.24. The monoisotopic (exact) mass is 333 g/mol. The number of aliphatic imine (C=N–C) groups is 1. The fourth-order valence-electron chi connectivity index (χ4n) is 3.59. The Hall–Kier alpha value is -2.82. The molecule has 4 rings (SSSR count). The molecule has 0 radical (unpaired) electrons. The molecule has 128 valence electrons. The van der Waals surface area contributed by atoms with E-state index in [4.69, 9.17) is 5.73 Å². The molecule has 0 bridgehead atoms. The Morgan fingerprint density at radius 3 is 2.96 bits per heavy atom. The Kier molecular flexibility index (Phi) is 4.14. The highest BCUT2D eigenvalue weighted by atomic mass is 15.3. The lowest BCUT2D eigenvalue weighted by Crippen LogP contribution is -2.23. The normalized spacial score (nSPS) is 14.0. The summed E-state index contributed by atoms with van der Waals surface area (Å²) in [4.78, 5) is 4.46. The first-order chi connectivity index (χ1) is 12.2. The van der Waals surface area contributed by atoms with Crippen LogP contribution in [0.3, 0.4) is 0 Å². The molecule has 0 unspecified atom stereocenters. The Morgan fingerprint density at radius 2 is 2.04 bits per heavy atom. The van der Waals surface area contributed by atoms with Crippen molar-refractivity contribution in [2.24, 2.45) is 17.8 Å². The van der Waals surface area contributed by atoms with Crippen molar-refractivity contribution in [1.29, 1.82) is 0 Å². The molecule has 0 saturated carbocycles. The van der Waals surface area contributed by atoms with Crippen LogP contribution in [0.15, 0.2) is 47.5 Å². The van der Waals surface area contributed by atoms with Gasteiger partial charge in [-0.2, -0.15) is 5.10 Å². The first-order valence-electron chi connectivity index (χ1n) is 8.80. The largest absolute Gasteiger partial charge is 0.370 e. The topological polar surface area (TPSA) is 68.2 Å². The van der Waals surface area contributed by atoms with E-state index >= 15 is 0 Å². The number of aromatic nitrogens is 2. The van der Waals surface area contributed by atoms with Crippen LogP contribution in [0.1, 0.15) is 23.2 Å². The molecule has 0 spiro atoms. The highest BCUT2D eigenvalue weighted by molar-refractivity contribution is 5.92. The van der Waals surface area contributed by atoms with E-state index in [9.17, 15) is 0 Å². The molecule has 5 heteroatoms. The van der Waals surface area contributed by atoms with E-state index in [-0.39, 0.29) is 0 Å². The van der Waals surface area contributed by atoms with E-state index in [0.717, 1.165) is 29.7 Å². The van der Waals surface area contributed by atoms with E-state index in [1.165, 1.54) is 29.4 Å². The van der Waals surface area contributed by atoms with Crippen molar-refractivity contribution in [3.05, 3.63) is 59.3 Å². The average Bonchev–Trinajstić information content (AvgIpc) is 3.20. The fraction of sp³-hybridized carbons (Fsp3) is 0.300. The number of nitrogens with two attached hydrogens (primary N) is 1. The van der Waals surface area contributed by atoms with Crippen LogP contribution >= 0.6 is 0 Å². The van der Waals surface area contributed by atoms with E-state index < -0.39 is 0 Å². The van der Waals surface area contributed by atoms with Gasteiger partial charge in [0, 0.05) is 31.1 Å². The molecule has 3 aromatic rings. The number of para-hydroxylation sites is 1. The maximum absolute atomic E-state index is 6.05. The Morgan fingerprint density at radius 1 is 1.20 bits per heavy atom. The minimum absolute atomic E-state index is 0.457. The SMILES string of the molecule is Cn1nc(CCN=C(N)Nc2ccc3c(c2)CCC3)c2ccccc21. The molecule has 5 nitrogen and oxygen atoms in total. The predicted molar refractivity (Wildman–Crippen MR) is 103 cm³/mol. The number of hydrogen-bond acceptors (Lipinski definition) is 2. The van der Waals surface area contributed by atoms with E-state index in [1.54, 1.807) is 0 Å². The van der Waals surface area contributed by atoms with Crippen LogP contribution in [0.25, 0.3) is 10.9 Å². The zero-order valence-electron chi connectivity index (χ0n) is 14.5. The number of fused-ring (bicyclic) bond motifs is 2. The van der Waals surface area contributed by atoms with Crippen LogP contribution in [0, 0.1) is 0 Å². The van der Waals surface area contributed by atoms with Gasteiger partial charge in [0.15, 0.2) is 5.96 Å². The molecular formula is C20H23N5. The van der Waals surface area contributed by atoms with Gasteiger partial charge < -0.3 is 11.1 Å². The summed E-state index contributed by atoms with van der Waals surface area (Å²) in [5.74, 6) is 0.457. The van der Waals surface area contributed by atoms with Crippen LogP contribution in [0.4, 0.5) is 5.69 Å². The fourth-order valence-corrected chi connectivity index (χ4v) is 3.59. The van der Waals surface area contributed by atoms with Crippen molar-refractivity contribution in [2.45, 2.75) is 25.7 Å². The standard InChI is InChI=1S/C20H23N5/c1-25-19-8-3-2-7-17(19)18(24-25)11-12-22-20(21)23-16-10-9-14-5-4-6-15(14)13-16/h2-3,7-10,13H,4-6,11-12H2,1H3,(H3,21,22,23). The molecular weight excluding hydrogens is 310 g/mol. The molecule has 0 fully saturated rings. The van der Waals surface area contributed by atoms with Crippen LogP contribution in [0.5, 0.6) is 0 Å². The van der Waals surface area contributed by atoms with Crippen LogP contribution in [-0.4, -0.2) is 22.3 Å². The molecule has 1 aliphatic rings. The molecule has 0 amide bonds. The van der Waals surface area contributed by atoms with Crippen LogP contribution in [0.2, 0.25) is 0 Å². The number of anilines is 1. The van der Waals surface area contributed by atoms with Gasteiger partial charge in [-0.25, -0.2) is 0 Å². The minimum atomic E-state index is 0.457. The molecule has 1 heterocycles. The second-order valence-electron chi connectivity index (χ2n) is 6.57. The van der Waals surface area contributed by atoms with Gasteiger partial charge in [0.2, 0.25) is 0 Å². The van der Waals surface area contributed by atoms with E-state index in [0.29, 0.717) is 12.5 Å². The zero-order chi connectivity index (χ0) is 17.2. The highest BCUT2D eigenvalue weighted by Gasteiger charge is 2.11. The summed E-state index contributed by atoms with van der Waals surface area (Å²) in [6.07, 6.45) is 4.38. The Labute approximate surface area is 147 Å². The molecule has 1 aliphatic carbocycles. The third-order valence-electron chi connectivity index (χ3n) is 4.84. The number of guanidine groups is 1. The molecule has 2 aromatic carbocycles. The average molecular weight is 333 g/mol. The van der Waals surface area contributed by atoms with Gasteiger partial charge in [-0.3, -0.25) is 9.67 Å². The van der Waals surface area contributed by atoms with Gasteiger partial charge in [-0.15, -0.1) is 0 Å². The second-order valence-corrected chi connectivity index (χ2v) is 6.57. The second kappa shape index (κ2) is 6.59. The summed E-state index contributed by atoms with van der Waals surface area (Å²) in [5.41, 5.74) is 12.2. The van der Waals surface area contributed by atoms with Crippen LogP contribution in [-0.2, 0) is 26.3 Å². The summed E-state index contributed by atoms with van der Waals surface area (Å²) in [6, 6.07) is 14.7. The number of aryl methyl sites for hydroxylation is 3. The molecule has 0 atom stereocenters. The first-order valence-corrected chi connectivity index (χ1v) is 8.80. The maximum Gasteiger partial charge on any atom is 0.193 e. The zero-order valence-corrected chi connectivity index (χ0v) is 14.5. The summed E-state index contributed by atoms with van der Waals surface area (Å²) in [7, 11) is 1.97. The van der Waals surface area contributed by atoms with Gasteiger partial charge in [0.25, 0.3) is 0 Å². The number of benzene rings is 2. The summed E-state index contributed by atoms with van der Waals surface area (Å²) >= 11 is 0. The summed E-state index contributed by atoms with van der Waals surface area (Å²) in [6.45, 7) is 0.616. The third-order valence-corrected chi connectivity index (χ3v) is 4.84. The van der Waals surface area contributed by atoms with Gasteiger partial charge in [0.05, 0.1) is 11.2 Å². The number of nitrogens with one attached hydrogen (secondary N) is 1. The van der Waals surface area contributed by atoms with Gasteiger partial charge in [-0.1, -0.05) is 24.3 Å². The minimum Gasteiger partial charge on any atom is -0.370 e. The lowest BCUT2D eigenvalue weighted by molar-refractivity contribution is 0.761. The van der Waals surface area contributed by atoms with Crippen LogP contribution < -0.4 is 11.1 Å². The van der Waals surface area contributed by atoms with Crippen molar-refractivity contribution in [1.82, 2.24) is 9.78 Å². The lowest BCUT2D eigenvalue weighted by Gasteiger charge is -2.07. The third kappa shape index (κ3) is 3.22. The Balaban J connectivity index is 1.41. The molecule has 3 N–H and O–H groups in total. The smallest absolute Gasteiger partial charge is 0.193 e. The number of hydrogen-bond donors (Lipinski definition) is 2. The van der Waals surface area contributed by atoms with Crippen molar-refractivity contribution >= 4 is 22.5 Å². The number of rotatable bonds is 4. The van der Waals surface area contributed by atoms with Crippen molar-refractivity contribution in [3.63, 3.8) is 0 Å². The molecule has 0 saturated heterocycles. The molecule has 1 aromatic heterocycles. The van der Waals surface area contributed by atoms with Gasteiger partial charge in [0.1, 0.15) is 0 Å². The van der Waals surface area contributed by atoms with E-state index in [1.807, 2.05) is 23.9 Å². The van der Waals surface area contributed by atoms with Crippen molar-refractivity contribution in [2.75, 3.05) is 11.9 Å². The summed E-state index contributed by atoms with van der Waals surface area (Å²) < 4.78 is 1.92. The van der Waals surface area contributed by atoms with Gasteiger partial charge in [-0.05, 0) is 48.6 Å². The Bertz CT molecular complexity index is 938.